The van der Waals surface area contributed by atoms with Gasteiger partial charge in [0.2, 0.25) is 0 Å². The van der Waals surface area contributed by atoms with Crippen molar-refractivity contribution in [3.63, 3.8) is 0 Å². The molecule has 3 rings (SSSR count). The zero-order valence-electron chi connectivity index (χ0n) is 15.8. The molecule has 140 valence electrons. The largest absolute Gasteiger partial charge is 0.483 e. The van der Waals surface area contributed by atoms with Gasteiger partial charge in [0.25, 0.3) is 11.8 Å². The molecule has 0 atom stereocenters. The Balaban J connectivity index is 1.65. The Labute approximate surface area is 159 Å². The Morgan fingerprint density at radius 2 is 1.89 bits per heavy atom. The van der Waals surface area contributed by atoms with E-state index in [0.29, 0.717) is 17.9 Å². The van der Waals surface area contributed by atoms with Crippen molar-refractivity contribution < 1.29 is 14.3 Å². The summed E-state index contributed by atoms with van der Waals surface area (Å²) in [5.74, 6) is 0.218. The van der Waals surface area contributed by atoms with Crippen LogP contribution in [0.25, 0.3) is 0 Å². The van der Waals surface area contributed by atoms with Gasteiger partial charge in [0.1, 0.15) is 5.75 Å². The second-order valence-corrected chi connectivity index (χ2v) is 6.65. The minimum atomic E-state index is -0.204. The molecule has 0 unspecified atom stereocenters. The van der Waals surface area contributed by atoms with Crippen LogP contribution in [-0.4, -0.2) is 54.7 Å². The Morgan fingerprint density at radius 1 is 1.15 bits per heavy atom. The molecule has 1 aliphatic heterocycles. The monoisotopic (exact) mass is 365 g/mol. The van der Waals surface area contributed by atoms with E-state index in [2.05, 4.69) is 5.10 Å². The van der Waals surface area contributed by atoms with Crippen LogP contribution in [0.1, 0.15) is 27.9 Å². The first-order chi connectivity index (χ1) is 13.0. The molecule has 6 heteroatoms. The lowest BCUT2D eigenvalue weighted by molar-refractivity contribution is -0.132. The van der Waals surface area contributed by atoms with E-state index in [9.17, 15) is 9.59 Å². The maximum atomic E-state index is 12.5. The van der Waals surface area contributed by atoms with Crippen LogP contribution in [0.5, 0.6) is 5.75 Å². The number of nitrogens with zero attached hydrogens (tertiary/aromatic N) is 3. The molecule has 1 aliphatic rings. The van der Waals surface area contributed by atoms with Gasteiger partial charge in [0, 0.05) is 26.1 Å². The van der Waals surface area contributed by atoms with E-state index in [1.807, 2.05) is 43.3 Å². The van der Waals surface area contributed by atoms with Crippen LogP contribution in [0.4, 0.5) is 0 Å². The zero-order valence-corrected chi connectivity index (χ0v) is 15.8. The number of carbonyl (C=O) groups is 2. The molecule has 0 aromatic heterocycles. The van der Waals surface area contributed by atoms with E-state index >= 15 is 0 Å². The van der Waals surface area contributed by atoms with Crippen molar-refractivity contribution in [2.45, 2.75) is 13.3 Å². The topological polar surface area (TPSA) is 62.2 Å². The van der Waals surface area contributed by atoms with E-state index < -0.39 is 0 Å². The lowest BCUT2D eigenvalue weighted by Gasteiger charge is -2.15. The highest BCUT2D eigenvalue weighted by Gasteiger charge is 2.22. The summed E-state index contributed by atoms with van der Waals surface area (Å²) in [6.07, 6.45) is 0.724. The van der Waals surface area contributed by atoms with Crippen LogP contribution < -0.4 is 4.74 Å². The summed E-state index contributed by atoms with van der Waals surface area (Å²) in [7, 11) is 3.39. The first-order valence-electron chi connectivity index (χ1n) is 8.84. The molecule has 0 fully saturated rings. The molecule has 0 saturated heterocycles. The molecular weight excluding hydrogens is 342 g/mol. The number of benzene rings is 2. The first kappa shape index (κ1) is 18.6. The standard InChI is InChI=1S/C21H23N3O3/c1-15-9-10-17(21(26)23(2)3)13-19(15)27-14-20(25)24-12-11-18(22-24)16-7-5-4-6-8-16/h4-10,13H,11-12,14H2,1-3H3. The fraction of sp³-hybridized carbons (Fsp3) is 0.286. The number of carbonyl (C=O) groups excluding carboxylic acids is 2. The normalized spacial score (nSPS) is 13.3. The molecule has 0 saturated carbocycles. The number of hydrogen-bond donors (Lipinski definition) is 0. The third kappa shape index (κ3) is 4.34. The van der Waals surface area contributed by atoms with Crippen molar-refractivity contribution in [1.29, 1.82) is 0 Å². The maximum absolute atomic E-state index is 12.5. The number of rotatable bonds is 5. The van der Waals surface area contributed by atoms with E-state index in [1.165, 1.54) is 9.91 Å². The van der Waals surface area contributed by atoms with Gasteiger partial charge in [-0.15, -0.1) is 0 Å². The molecule has 2 amide bonds. The SMILES string of the molecule is Cc1ccc(C(=O)N(C)C)cc1OCC(=O)N1CCC(c2ccccc2)=N1. The molecule has 0 aliphatic carbocycles. The van der Waals surface area contributed by atoms with Crippen LogP contribution in [0.15, 0.2) is 53.6 Å². The number of hydrogen-bond acceptors (Lipinski definition) is 4. The minimum Gasteiger partial charge on any atom is -0.483 e. The summed E-state index contributed by atoms with van der Waals surface area (Å²) < 4.78 is 5.69. The number of aryl methyl sites for hydroxylation is 1. The average molecular weight is 365 g/mol. The quantitative estimate of drug-likeness (QED) is 0.818. The Morgan fingerprint density at radius 3 is 2.59 bits per heavy atom. The summed E-state index contributed by atoms with van der Waals surface area (Å²) in [6, 6.07) is 15.1. The van der Waals surface area contributed by atoms with Crippen LogP contribution in [0, 0.1) is 6.92 Å². The van der Waals surface area contributed by atoms with Gasteiger partial charge in [-0.1, -0.05) is 36.4 Å². The molecular formula is C21H23N3O3. The zero-order chi connectivity index (χ0) is 19.4. The highest BCUT2D eigenvalue weighted by molar-refractivity contribution is 6.02. The highest BCUT2D eigenvalue weighted by atomic mass is 16.5. The predicted octanol–water partition coefficient (Wildman–Crippen LogP) is 2.71. The van der Waals surface area contributed by atoms with Crippen LogP contribution in [0.3, 0.4) is 0 Å². The molecule has 2 aromatic rings. The maximum Gasteiger partial charge on any atom is 0.280 e. The minimum absolute atomic E-state index is 0.108. The summed E-state index contributed by atoms with van der Waals surface area (Å²) in [4.78, 5) is 26.1. The second kappa shape index (κ2) is 8.03. The fourth-order valence-corrected chi connectivity index (χ4v) is 2.83. The smallest absolute Gasteiger partial charge is 0.280 e. The number of ether oxygens (including phenoxy) is 1. The van der Waals surface area contributed by atoms with Crippen molar-refractivity contribution in [2.24, 2.45) is 5.10 Å². The lowest BCUT2D eigenvalue weighted by atomic mass is 10.1. The summed E-state index contributed by atoms with van der Waals surface area (Å²) in [5, 5.41) is 5.87. The summed E-state index contributed by atoms with van der Waals surface area (Å²) in [5.41, 5.74) is 3.32. The second-order valence-electron chi connectivity index (χ2n) is 6.65. The van der Waals surface area contributed by atoms with Gasteiger partial charge >= 0.3 is 0 Å². The van der Waals surface area contributed by atoms with Gasteiger partial charge in [-0.3, -0.25) is 9.59 Å². The van der Waals surface area contributed by atoms with E-state index in [0.717, 1.165) is 23.3 Å². The molecule has 6 nitrogen and oxygen atoms in total. The van der Waals surface area contributed by atoms with Crippen LogP contribution >= 0.6 is 0 Å². The van der Waals surface area contributed by atoms with Crippen molar-refractivity contribution >= 4 is 17.5 Å². The molecule has 2 aromatic carbocycles. The number of hydrazone groups is 1. The summed E-state index contributed by atoms with van der Waals surface area (Å²) >= 11 is 0. The fourth-order valence-electron chi connectivity index (χ4n) is 2.83. The molecule has 1 heterocycles. The van der Waals surface area contributed by atoms with E-state index in [1.54, 1.807) is 26.2 Å². The van der Waals surface area contributed by atoms with Crippen molar-refractivity contribution in [1.82, 2.24) is 9.91 Å². The lowest BCUT2D eigenvalue weighted by Crippen LogP contribution is -2.29. The van der Waals surface area contributed by atoms with Gasteiger partial charge in [-0.2, -0.15) is 5.10 Å². The van der Waals surface area contributed by atoms with Gasteiger partial charge in [0.05, 0.1) is 12.3 Å². The van der Waals surface area contributed by atoms with Crippen molar-refractivity contribution in [2.75, 3.05) is 27.2 Å². The Hall–Kier alpha value is -3.15. The van der Waals surface area contributed by atoms with Gasteiger partial charge in [0.15, 0.2) is 6.61 Å². The molecule has 0 bridgehead atoms. The highest BCUT2D eigenvalue weighted by Crippen LogP contribution is 2.21. The van der Waals surface area contributed by atoms with E-state index in [-0.39, 0.29) is 18.4 Å². The van der Waals surface area contributed by atoms with Crippen LogP contribution in [-0.2, 0) is 4.79 Å². The van der Waals surface area contributed by atoms with Gasteiger partial charge in [-0.25, -0.2) is 5.01 Å². The predicted molar refractivity (Wildman–Crippen MR) is 104 cm³/mol. The third-order valence-electron chi connectivity index (χ3n) is 4.39. The van der Waals surface area contributed by atoms with E-state index in [4.69, 9.17) is 4.74 Å². The van der Waals surface area contributed by atoms with Gasteiger partial charge in [-0.05, 0) is 30.2 Å². The molecule has 0 N–H and O–H groups in total. The van der Waals surface area contributed by atoms with Crippen molar-refractivity contribution in [3.8, 4) is 5.75 Å². The first-order valence-corrected chi connectivity index (χ1v) is 8.84. The van der Waals surface area contributed by atoms with Crippen LogP contribution in [0.2, 0.25) is 0 Å². The Kier molecular flexibility index (Phi) is 5.54. The molecule has 0 radical (unpaired) electrons. The molecule has 27 heavy (non-hydrogen) atoms. The van der Waals surface area contributed by atoms with Crippen molar-refractivity contribution in [3.05, 3.63) is 65.2 Å². The third-order valence-corrected chi connectivity index (χ3v) is 4.39. The number of amides is 2. The molecule has 0 spiro atoms. The average Bonchev–Trinajstić information content (AvgIpc) is 3.17. The summed E-state index contributed by atoms with van der Waals surface area (Å²) in [6.45, 7) is 2.31. The Bertz CT molecular complexity index is 875. The van der Waals surface area contributed by atoms with Gasteiger partial charge < -0.3 is 9.64 Å².